The largest absolute Gasteiger partial charge is 0.497 e. The van der Waals surface area contributed by atoms with Gasteiger partial charge in [0.1, 0.15) is 17.4 Å². The highest BCUT2D eigenvalue weighted by Crippen LogP contribution is 2.34. The molecular weight excluding hydrogens is 515 g/mol. The highest BCUT2D eigenvalue weighted by Gasteiger charge is 2.26. The van der Waals surface area contributed by atoms with Crippen molar-refractivity contribution in [3.05, 3.63) is 54.3 Å². The van der Waals surface area contributed by atoms with Crippen molar-refractivity contribution in [2.24, 2.45) is 0 Å². The Morgan fingerprint density at radius 1 is 1.02 bits per heavy atom. The number of morpholine rings is 1. The second-order valence-corrected chi connectivity index (χ2v) is 9.83. The average molecular weight is 547 g/mol. The van der Waals surface area contributed by atoms with E-state index in [1.165, 1.54) is 12.1 Å². The van der Waals surface area contributed by atoms with Crippen LogP contribution in [-0.4, -0.2) is 102 Å². The molecule has 0 spiro atoms. The van der Waals surface area contributed by atoms with Gasteiger partial charge in [-0.15, -0.1) is 5.10 Å². The van der Waals surface area contributed by atoms with Gasteiger partial charge in [-0.05, 0) is 36.4 Å². The van der Waals surface area contributed by atoms with Gasteiger partial charge in [0.15, 0.2) is 5.65 Å². The molecule has 1 amide bonds. The molecule has 11 nitrogen and oxygen atoms in total. The summed E-state index contributed by atoms with van der Waals surface area (Å²) >= 11 is 0. The van der Waals surface area contributed by atoms with Crippen LogP contribution in [0.4, 0.5) is 16.2 Å². The molecule has 0 aliphatic carbocycles. The van der Waals surface area contributed by atoms with E-state index in [4.69, 9.17) is 30.3 Å². The maximum Gasteiger partial charge on any atom is 0.236 e. The van der Waals surface area contributed by atoms with Gasteiger partial charge in [0.05, 0.1) is 43.6 Å². The molecule has 0 saturated carbocycles. The van der Waals surface area contributed by atoms with E-state index in [1.54, 1.807) is 23.9 Å². The van der Waals surface area contributed by atoms with Crippen LogP contribution in [0.3, 0.4) is 0 Å². The number of amides is 1. The van der Waals surface area contributed by atoms with Crippen molar-refractivity contribution in [3.8, 4) is 22.7 Å². The molecule has 40 heavy (non-hydrogen) atoms. The quantitative estimate of drug-likeness (QED) is 0.389. The lowest BCUT2D eigenvalue weighted by Crippen LogP contribution is -2.51. The average Bonchev–Trinajstić information content (AvgIpc) is 3.33. The molecular formula is C28H31FN8O3. The summed E-state index contributed by atoms with van der Waals surface area (Å²) < 4.78 is 26.5. The number of carbonyl (C=O) groups excluding carboxylic acids is 1. The topological polar surface area (TPSA) is 115 Å². The van der Waals surface area contributed by atoms with Crippen molar-refractivity contribution in [2.45, 2.75) is 0 Å². The number of methoxy groups -OCH3 is 1. The highest BCUT2D eigenvalue weighted by atomic mass is 19.1. The summed E-state index contributed by atoms with van der Waals surface area (Å²) in [4.78, 5) is 28.5. The van der Waals surface area contributed by atoms with Gasteiger partial charge >= 0.3 is 0 Å². The van der Waals surface area contributed by atoms with E-state index in [9.17, 15) is 9.18 Å². The second kappa shape index (κ2) is 11.1. The number of rotatable bonds is 6. The first-order valence-electron chi connectivity index (χ1n) is 13.3. The lowest BCUT2D eigenvalue weighted by molar-refractivity contribution is -0.136. The van der Waals surface area contributed by atoms with Gasteiger partial charge in [0.25, 0.3) is 0 Å². The molecule has 2 aliphatic rings. The summed E-state index contributed by atoms with van der Waals surface area (Å²) in [7, 11) is 1.61. The number of aromatic nitrogens is 4. The number of benzene rings is 2. The number of carbonyl (C=O) groups is 1. The lowest BCUT2D eigenvalue weighted by Gasteiger charge is -2.36. The molecule has 0 unspecified atom stereocenters. The van der Waals surface area contributed by atoms with Crippen LogP contribution in [0.1, 0.15) is 0 Å². The number of nitrogens with two attached hydrogens (primary N) is 1. The van der Waals surface area contributed by atoms with Gasteiger partial charge in [-0.1, -0.05) is 12.1 Å². The number of ether oxygens (including phenoxy) is 2. The molecule has 2 aromatic carbocycles. The molecule has 2 fully saturated rings. The van der Waals surface area contributed by atoms with Crippen LogP contribution < -0.4 is 15.4 Å². The molecule has 2 saturated heterocycles. The van der Waals surface area contributed by atoms with E-state index in [2.05, 4.69) is 9.80 Å². The van der Waals surface area contributed by atoms with Crippen LogP contribution in [0, 0.1) is 5.82 Å². The minimum absolute atomic E-state index is 0.127. The Balaban J connectivity index is 1.30. The van der Waals surface area contributed by atoms with Crippen LogP contribution in [-0.2, 0) is 9.53 Å². The van der Waals surface area contributed by atoms with Gasteiger partial charge in [-0.25, -0.2) is 14.1 Å². The molecule has 12 heteroatoms. The summed E-state index contributed by atoms with van der Waals surface area (Å²) in [5, 5.41) is 5.27. The number of hydrogen-bond donors (Lipinski definition) is 1. The smallest absolute Gasteiger partial charge is 0.236 e. The van der Waals surface area contributed by atoms with Crippen LogP contribution in [0.25, 0.3) is 28.0 Å². The Morgan fingerprint density at radius 3 is 2.48 bits per heavy atom. The van der Waals surface area contributed by atoms with Crippen molar-refractivity contribution >= 4 is 28.7 Å². The van der Waals surface area contributed by atoms with Gasteiger partial charge in [0, 0.05) is 44.8 Å². The number of anilines is 2. The third-order valence-corrected chi connectivity index (χ3v) is 7.35. The Kier molecular flexibility index (Phi) is 7.18. The van der Waals surface area contributed by atoms with Crippen molar-refractivity contribution in [1.29, 1.82) is 0 Å². The minimum atomic E-state index is -0.370. The molecule has 4 heterocycles. The molecule has 4 aromatic rings. The molecule has 6 rings (SSSR count). The van der Waals surface area contributed by atoms with Gasteiger partial charge in [0.2, 0.25) is 11.9 Å². The fourth-order valence-corrected chi connectivity index (χ4v) is 5.12. The second-order valence-electron chi connectivity index (χ2n) is 9.83. The first kappa shape index (κ1) is 26.0. The van der Waals surface area contributed by atoms with Crippen LogP contribution in [0.5, 0.6) is 5.75 Å². The summed E-state index contributed by atoms with van der Waals surface area (Å²) in [5.74, 6) is 1.32. The van der Waals surface area contributed by atoms with Gasteiger partial charge < -0.3 is 25.0 Å². The van der Waals surface area contributed by atoms with Crippen molar-refractivity contribution in [3.63, 3.8) is 0 Å². The fraction of sp³-hybridized carbons (Fsp3) is 0.357. The first-order valence-corrected chi connectivity index (χ1v) is 13.3. The number of halogens is 1. The van der Waals surface area contributed by atoms with Crippen LogP contribution in [0.2, 0.25) is 0 Å². The summed E-state index contributed by atoms with van der Waals surface area (Å²) in [6.45, 7) is 5.49. The maximum absolute atomic E-state index is 14.3. The first-order chi connectivity index (χ1) is 19.5. The maximum atomic E-state index is 14.3. The van der Waals surface area contributed by atoms with Gasteiger partial charge in [-0.3, -0.25) is 9.69 Å². The fourth-order valence-electron chi connectivity index (χ4n) is 5.12. The summed E-state index contributed by atoms with van der Waals surface area (Å²) in [6.07, 6.45) is 0. The molecule has 0 bridgehead atoms. The van der Waals surface area contributed by atoms with Crippen molar-refractivity contribution in [2.75, 3.05) is 76.8 Å². The normalized spacial score (nSPS) is 16.4. The van der Waals surface area contributed by atoms with E-state index in [0.29, 0.717) is 98.8 Å². The van der Waals surface area contributed by atoms with Crippen molar-refractivity contribution in [1.82, 2.24) is 29.5 Å². The predicted molar refractivity (Wildman–Crippen MR) is 149 cm³/mol. The monoisotopic (exact) mass is 546 g/mol. The molecule has 2 aromatic heterocycles. The Morgan fingerprint density at radius 2 is 1.77 bits per heavy atom. The lowest BCUT2D eigenvalue weighted by atomic mass is 10.1. The Hall–Kier alpha value is -4.29. The third kappa shape index (κ3) is 5.15. The zero-order valence-electron chi connectivity index (χ0n) is 22.3. The predicted octanol–water partition coefficient (Wildman–Crippen LogP) is 2.19. The van der Waals surface area contributed by atoms with E-state index < -0.39 is 0 Å². The van der Waals surface area contributed by atoms with E-state index in [0.717, 1.165) is 5.69 Å². The van der Waals surface area contributed by atoms with Gasteiger partial charge in [-0.2, -0.15) is 4.98 Å². The SMILES string of the molecule is COc1ccc(-n2nc3nc(N4CCN(CC(=O)N5CCOCC5)CC4)nc(-c4cccc(F)c4)c3c2N)cc1. The minimum Gasteiger partial charge on any atom is -0.497 e. The Bertz CT molecular complexity index is 1510. The highest BCUT2D eigenvalue weighted by molar-refractivity contribution is 5.99. The van der Waals surface area contributed by atoms with Crippen LogP contribution in [0.15, 0.2) is 48.5 Å². The molecule has 208 valence electrons. The number of piperazine rings is 1. The molecule has 0 atom stereocenters. The molecule has 2 N–H and O–H groups in total. The number of nitrogen functional groups attached to an aromatic ring is 1. The number of nitrogens with zero attached hydrogens (tertiary/aromatic N) is 7. The molecule has 2 aliphatic heterocycles. The van der Waals surface area contributed by atoms with E-state index in [1.807, 2.05) is 29.2 Å². The summed E-state index contributed by atoms with van der Waals surface area (Å²) in [5.41, 5.74) is 8.86. The molecule has 0 radical (unpaired) electrons. The standard InChI is InChI=1S/C28H31FN8O3/c1-39-22-7-5-21(6-8-22)37-26(30)24-25(19-3-2-4-20(29)17-19)31-28(32-27(24)33-37)36-11-9-34(10-12-36)18-23(38)35-13-15-40-16-14-35/h2-8,17H,9-16,18,30H2,1H3. The summed E-state index contributed by atoms with van der Waals surface area (Å²) in [6, 6.07) is 13.6. The number of fused-ring (bicyclic) bond motifs is 1. The third-order valence-electron chi connectivity index (χ3n) is 7.35. The number of hydrogen-bond acceptors (Lipinski definition) is 9. The van der Waals surface area contributed by atoms with Crippen LogP contribution >= 0.6 is 0 Å². The Labute approximate surface area is 230 Å². The van der Waals surface area contributed by atoms with E-state index >= 15 is 0 Å². The van der Waals surface area contributed by atoms with Crippen molar-refractivity contribution < 1.29 is 18.7 Å². The zero-order chi connectivity index (χ0) is 27.6. The zero-order valence-corrected chi connectivity index (χ0v) is 22.3. The van der Waals surface area contributed by atoms with E-state index in [-0.39, 0.29) is 11.7 Å².